The maximum atomic E-state index is 8.58. The van der Waals surface area contributed by atoms with Crippen LogP contribution in [-0.2, 0) is 0 Å². The van der Waals surface area contributed by atoms with E-state index in [1.165, 1.54) is 19.3 Å². The Morgan fingerprint density at radius 1 is 1.22 bits per heavy atom. The Labute approximate surface area is 56.8 Å². The molecule has 1 rings (SSSR count). The van der Waals surface area contributed by atoms with Crippen molar-refractivity contribution in [2.45, 2.75) is 44.6 Å². The molecule has 0 amide bonds. The zero-order valence-electron chi connectivity index (χ0n) is 5.93. The van der Waals surface area contributed by atoms with Crippen LogP contribution in [0.25, 0.3) is 0 Å². The minimum atomic E-state index is -0.0990. The van der Waals surface area contributed by atoms with Gasteiger partial charge in [0.1, 0.15) is 0 Å². The normalized spacial score (nSPS) is 26.0. The van der Waals surface area contributed by atoms with E-state index in [0.717, 1.165) is 12.8 Å². The molecule has 0 spiro atoms. The van der Waals surface area contributed by atoms with Gasteiger partial charge in [0.2, 0.25) is 11.0 Å². The van der Waals surface area contributed by atoms with Gasteiger partial charge in [-0.3, -0.25) is 0 Å². The van der Waals surface area contributed by atoms with Gasteiger partial charge in [0.15, 0.2) is 0 Å². The van der Waals surface area contributed by atoms with E-state index in [1.54, 1.807) is 0 Å². The van der Waals surface area contributed by atoms with Crippen molar-refractivity contribution in [3.8, 4) is 0 Å². The van der Waals surface area contributed by atoms with E-state index in [2.05, 4.69) is 5.43 Å². The van der Waals surface area contributed by atoms with Gasteiger partial charge in [0.25, 0.3) is 5.84 Å². The standard InChI is InChI=1S/C7H13N2/c1-7(9-8)5-3-2-4-6-7/h2-6H2,1H3/q+1. The van der Waals surface area contributed by atoms with E-state index < -0.39 is 0 Å². The molecule has 2 nitrogen and oxygen atoms in total. The molecule has 2 heteroatoms. The molecule has 0 atom stereocenters. The topological polar surface area (TPSA) is 36.4 Å². The summed E-state index contributed by atoms with van der Waals surface area (Å²) in [5.74, 6) is 8.58. The first-order valence-electron chi connectivity index (χ1n) is 3.63. The Bertz CT molecular complexity index is 84.9. The fourth-order valence-electron chi connectivity index (χ4n) is 1.41. The lowest BCUT2D eigenvalue weighted by Crippen LogP contribution is -2.37. The first-order chi connectivity index (χ1) is 4.27. The molecule has 0 bridgehead atoms. The Balaban J connectivity index is 2.37. The highest BCUT2D eigenvalue weighted by molar-refractivity contribution is 4.83. The number of rotatable bonds is 1. The molecule has 1 aliphatic carbocycles. The van der Waals surface area contributed by atoms with E-state index in [4.69, 9.17) is 5.84 Å². The molecule has 1 aliphatic rings. The third-order valence-corrected chi connectivity index (χ3v) is 2.17. The molecule has 0 heterocycles. The van der Waals surface area contributed by atoms with Crippen LogP contribution in [0, 0.1) is 0 Å². The third kappa shape index (κ3) is 1.66. The quantitative estimate of drug-likeness (QED) is 0.474. The summed E-state index contributed by atoms with van der Waals surface area (Å²) in [5.41, 5.74) is 3.28. The van der Waals surface area contributed by atoms with Crippen LogP contribution in [0.1, 0.15) is 39.0 Å². The van der Waals surface area contributed by atoms with Crippen molar-refractivity contribution >= 4 is 0 Å². The highest BCUT2D eigenvalue weighted by Gasteiger charge is 2.39. The van der Waals surface area contributed by atoms with Gasteiger partial charge >= 0.3 is 0 Å². The van der Waals surface area contributed by atoms with Crippen LogP contribution in [0.4, 0.5) is 0 Å². The lowest BCUT2D eigenvalue weighted by molar-refractivity contribution is 0.246. The fourth-order valence-corrected chi connectivity index (χ4v) is 1.41. The summed E-state index contributed by atoms with van der Waals surface area (Å²) in [7, 11) is 0. The van der Waals surface area contributed by atoms with Crippen LogP contribution >= 0.6 is 0 Å². The van der Waals surface area contributed by atoms with E-state index in [1.807, 2.05) is 6.92 Å². The summed E-state index contributed by atoms with van der Waals surface area (Å²) in [5, 5.41) is 0. The van der Waals surface area contributed by atoms with E-state index in [-0.39, 0.29) is 5.54 Å². The largest absolute Gasteiger partial charge is 0.265 e. The summed E-state index contributed by atoms with van der Waals surface area (Å²) >= 11 is 0. The molecule has 0 aromatic rings. The molecule has 0 aromatic heterocycles. The first-order valence-corrected chi connectivity index (χ1v) is 3.63. The van der Waals surface area contributed by atoms with Crippen molar-refractivity contribution in [1.29, 1.82) is 0 Å². The van der Waals surface area contributed by atoms with E-state index in [0.29, 0.717) is 0 Å². The summed E-state index contributed by atoms with van der Waals surface area (Å²) in [6, 6.07) is 0. The van der Waals surface area contributed by atoms with Gasteiger partial charge in [-0.25, -0.2) is 0 Å². The van der Waals surface area contributed by atoms with E-state index in [9.17, 15) is 0 Å². The molecule has 0 unspecified atom stereocenters. The molecule has 1 fully saturated rings. The zero-order chi connectivity index (χ0) is 6.74. The van der Waals surface area contributed by atoms with Crippen LogP contribution in [0.15, 0.2) is 0 Å². The van der Waals surface area contributed by atoms with Crippen molar-refractivity contribution in [3.05, 3.63) is 0 Å². The highest BCUT2D eigenvalue weighted by atomic mass is 15.3. The number of hydrogen-bond donors (Lipinski definition) is 0. The minimum absolute atomic E-state index is 0.0990. The highest BCUT2D eigenvalue weighted by Crippen LogP contribution is 2.27. The van der Waals surface area contributed by atoms with Crippen LogP contribution < -0.4 is 11.3 Å². The Hall–Kier alpha value is -0.0800. The second-order valence-corrected chi connectivity index (χ2v) is 3.16. The van der Waals surface area contributed by atoms with Crippen LogP contribution in [-0.4, -0.2) is 5.54 Å². The van der Waals surface area contributed by atoms with Gasteiger partial charge < -0.3 is 0 Å². The average Bonchev–Trinajstić information content (AvgIpc) is 1.90. The molecule has 50 valence electrons. The van der Waals surface area contributed by atoms with Gasteiger partial charge in [0, 0.05) is 19.8 Å². The summed E-state index contributed by atoms with van der Waals surface area (Å²) in [6.07, 6.45) is 5.87. The maximum Gasteiger partial charge on any atom is 0.265 e. The minimum Gasteiger partial charge on any atom is -0.0528 e. The molecule has 9 heavy (non-hydrogen) atoms. The van der Waals surface area contributed by atoms with Crippen LogP contribution in [0.2, 0.25) is 0 Å². The van der Waals surface area contributed by atoms with E-state index >= 15 is 0 Å². The van der Waals surface area contributed by atoms with Crippen molar-refractivity contribution in [2.75, 3.05) is 0 Å². The molecule has 0 aliphatic heterocycles. The number of hydrogen-bond acceptors (Lipinski definition) is 0. The van der Waals surface area contributed by atoms with Gasteiger partial charge in [-0.15, -0.1) is 0 Å². The average molecular weight is 125 g/mol. The van der Waals surface area contributed by atoms with Crippen molar-refractivity contribution in [3.63, 3.8) is 0 Å². The summed E-state index contributed by atoms with van der Waals surface area (Å²) in [4.78, 5) is 0. The molecular weight excluding hydrogens is 112 g/mol. The smallest absolute Gasteiger partial charge is 0.0528 e. The molecule has 4 radical (unpaired) electrons. The third-order valence-electron chi connectivity index (χ3n) is 2.17. The lowest BCUT2D eigenvalue weighted by Gasteiger charge is -2.18. The fraction of sp³-hybridized carbons (Fsp3) is 1.00. The van der Waals surface area contributed by atoms with Crippen molar-refractivity contribution < 1.29 is 0 Å². The lowest BCUT2D eigenvalue weighted by atomic mass is 9.84. The predicted molar refractivity (Wildman–Crippen MR) is 35.8 cm³/mol. The molecule has 0 aromatic carbocycles. The first kappa shape index (κ1) is 7.03. The predicted octanol–water partition coefficient (Wildman–Crippen LogP) is 1.30. The monoisotopic (exact) mass is 125 g/mol. The Morgan fingerprint density at radius 3 is 2.11 bits per heavy atom. The molecular formula is C7H13N2+. The van der Waals surface area contributed by atoms with Gasteiger partial charge in [0.05, 0.1) is 0 Å². The van der Waals surface area contributed by atoms with Gasteiger partial charge in [-0.05, 0) is 12.8 Å². The molecule has 0 N–H and O–H groups in total. The Kier molecular flexibility index (Phi) is 2.09. The Morgan fingerprint density at radius 2 is 1.78 bits per heavy atom. The molecule has 0 saturated heterocycles. The van der Waals surface area contributed by atoms with Crippen molar-refractivity contribution in [1.82, 2.24) is 11.3 Å². The second kappa shape index (κ2) is 2.67. The number of nitrogens with zero attached hydrogens (tertiary/aromatic N) is 2. The van der Waals surface area contributed by atoms with Gasteiger partial charge in [-0.1, -0.05) is 6.42 Å². The SMILES string of the molecule is CC1([N+][N])CCCCC1. The van der Waals surface area contributed by atoms with Crippen molar-refractivity contribution in [2.24, 2.45) is 0 Å². The van der Waals surface area contributed by atoms with Crippen LogP contribution in [0.3, 0.4) is 0 Å². The maximum absolute atomic E-state index is 8.58. The zero-order valence-corrected chi connectivity index (χ0v) is 5.93. The van der Waals surface area contributed by atoms with Gasteiger partial charge in [-0.2, -0.15) is 0 Å². The second-order valence-electron chi connectivity index (χ2n) is 3.16. The summed E-state index contributed by atoms with van der Waals surface area (Å²) < 4.78 is 0. The van der Waals surface area contributed by atoms with Crippen LogP contribution in [0.5, 0.6) is 0 Å². The molecule has 1 saturated carbocycles. The summed E-state index contributed by atoms with van der Waals surface area (Å²) in [6.45, 7) is 2.02.